The van der Waals surface area contributed by atoms with Crippen molar-refractivity contribution in [3.8, 4) is 0 Å². The predicted octanol–water partition coefficient (Wildman–Crippen LogP) is 8.99. The maximum absolute atomic E-state index is 12.6. The monoisotopic (exact) mass is 736 g/mol. The van der Waals surface area contributed by atoms with Gasteiger partial charge in [-0.05, 0) is 12.8 Å². The summed E-state index contributed by atoms with van der Waals surface area (Å²) in [5.74, 6) is -2.08. The van der Waals surface area contributed by atoms with Crippen molar-refractivity contribution in [1.29, 1.82) is 0 Å². The van der Waals surface area contributed by atoms with E-state index in [0.29, 0.717) is 12.8 Å². The first-order valence-corrected chi connectivity index (χ1v) is 21.7. The van der Waals surface area contributed by atoms with Crippen LogP contribution in [0.25, 0.3) is 0 Å². The summed E-state index contributed by atoms with van der Waals surface area (Å²) in [7, 11) is -4.82. The minimum absolute atomic E-state index is 0.175. The van der Waals surface area contributed by atoms with Gasteiger partial charge in [-0.2, -0.15) is 0 Å². The first-order valence-electron chi connectivity index (χ1n) is 20.1. The van der Waals surface area contributed by atoms with Gasteiger partial charge in [-0.25, -0.2) is 9.65 Å². The molecule has 296 valence electrons. The number of esters is 3. The smallest absolute Gasteiger partial charge is 0.401 e. The van der Waals surface area contributed by atoms with Crippen molar-refractivity contribution in [3.63, 3.8) is 0 Å². The summed E-state index contributed by atoms with van der Waals surface area (Å²) in [5.41, 5.74) is 0. The van der Waals surface area contributed by atoms with Crippen molar-refractivity contribution in [1.82, 2.24) is 5.09 Å². The predicted molar refractivity (Wildman–Crippen MR) is 198 cm³/mol. The molecule has 0 fully saturated rings. The molecule has 0 aromatic rings. The van der Waals surface area contributed by atoms with Gasteiger partial charge in [-0.3, -0.25) is 14.4 Å². The number of nitrogens with one attached hydrogen (secondary N) is 1. The van der Waals surface area contributed by atoms with Gasteiger partial charge < -0.3 is 29.1 Å². The van der Waals surface area contributed by atoms with E-state index in [-0.39, 0.29) is 19.4 Å². The zero-order valence-corrected chi connectivity index (χ0v) is 32.6. The molecule has 2 atom stereocenters. The highest BCUT2D eigenvalue weighted by Crippen LogP contribution is 2.29. The van der Waals surface area contributed by atoms with E-state index in [9.17, 15) is 24.1 Å². The van der Waals surface area contributed by atoms with E-state index >= 15 is 0 Å². The number of hydrogen-bond donors (Lipinski definition) is 4. The molecule has 11 nitrogen and oxygen atoms in total. The van der Waals surface area contributed by atoms with Crippen LogP contribution in [0.15, 0.2) is 0 Å². The van der Waals surface area contributed by atoms with Crippen molar-refractivity contribution in [3.05, 3.63) is 0 Å². The van der Waals surface area contributed by atoms with E-state index in [1.165, 1.54) is 116 Å². The molecule has 0 radical (unpaired) electrons. The van der Waals surface area contributed by atoms with Crippen molar-refractivity contribution in [2.75, 3.05) is 19.8 Å². The van der Waals surface area contributed by atoms with Crippen LogP contribution in [-0.2, 0) is 33.2 Å². The van der Waals surface area contributed by atoms with Crippen LogP contribution < -0.4 is 5.09 Å². The Balaban J connectivity index is 4.41. The second-order valence-corrected chi connectivity index (χ2v) is 15.2. The third kappa shape index (κ3) is 33.6. The molecule has 0 saturated carbocycles. The second kappa shape index (κ2) is 34.6. The lowest BCUT2D eigenvalue weighted by Gasteiger charge is -2.20. The van der Waals surface area contributed by atoms with Gasteiger partial charge in [0.2, 0.25) is 0 Å². The first kappa shape index (κ1) is 48.5. The Kier molecular flexibility index (Phi) is 33.5. The Morgan fingerprint density at radius 3 is 1.24 bits per heavy atom. The van der Waals surface area contributed by atoms with Crippen LogP contribution in [0, 0.1) is 0 Å². The normalized spacial score (nSPS) is 12.8. The largest absolute Gasteiger partial charge is 0.462 e. The molecule has 50 heavy (non-hydrogen) atoms. The number of rotatable bonds is 37. The maximum Gasteiger partial charge on any atom is 0.401 e. The lowest BCUT2D eigenvalue weighted by Crippen LogP contribution is -2.41. The highest BCUT2D eigenvalue weighted by molar-refractivity contribution is 7.49. The van der Waals surface area contributed by atoms with Crippen LogP contribution in [0.5, 0.6) is 0 Å². The Morgan fingerprint density at radius 1 is 0.540 bits per heavy atom. The summed E-state index contributed by atoms with van der Waals surface area (Å²) < 4.78 is 27.1. The first-order chi connectivity index (χ1) is 24.1. The fourth-order valence-corrected chi connectivity index (χ4v) is 6.43. The fourth-order valence-electron chi connectivity index (χ4n) is 5.84. The molecule has 0 aromatic heterocycles. The van der Waals surface area contributed by atoms with E-state index in [1.807, 2.05) is 0 Å². The number of carbonyl (C=O) groups is 3. The van der Waals surface area contributed by atoms with Gasteiger partial charge in [0, 0.05) is 12.8 Å². The zero-order chi connectivity index (χ0) is 37.1. The topological polar surface area (TPSA) is 169 Å². The molecule has 0 rings (SSSR count). The van der Waals surface area contributed by atoms with Gasteiger partial charge in [0.05, 0.1) is 6.61 Å². The molecular formula is C38H74NO10P. The molecule has 0 aliphatic carbocycles. The Labute approximate surface area is 304 Å². The van der Waals surface area contributed by atoms with Gasteiger partial charge in [-0.1, -0.05) is 168 Å². The third-order valence-corrected chi connectivity index (χ3v) is 9.55. The fraction of sp³-hybridized carbons (Fsp3) is 0.921. The number of ether oxygens (including phenoxy) is 3. The lowest BCUT2D eigenvalue weighted by molar-refractivity contribution is -0.167. The van der Waals surface area contributed by atoms with Crippen LogP contribution in [0.2, 0.25) is 0 Å². The molecule has 0 spiro atoms. The molecule has 0 aliphatic rings. The second-order valence-electron chi connectivity index (χ2n) is 13.8. The number of hydrogen-bond acceptors (Lipinski definition) is 8. The third-order valence-electron chi connectivity index (χ3n) is 8.90. The van der Waals surface area contributed by atoms with Gasteiger partial charge >= 0.3 is 25.7 Å². The van der Waals surface area contributed by atoms with E-state index in [2.05, 4.69) is 13.8 Å². The molecule has 0 bridgehead atoms. The van der Waals surface area contributed by atoms with Crippen molar-refractivity contribution < 1.29 is 48.1 Å². The SMILES string of the molecule is CCCCCCCCCCCCCCCC(=O)OCC(COC(=O)[C@H](CO)NP(=O)(O)O)OC(=O)CCCCCCCCCCCCCCC. The molecule has 0 amide bonds. The molecule has 0 aromatic carbocycles. The lowest BCUT2D eigenvalue weighted by atomic mass is 10.0. The van der Waals surface area contributed by atoms with Gasteiger partial charge in [0.25, 0.3) is 0 Å². The van der Waals surface area contributed by atoms with Gasteiger partial charge in [0.15, 0.2) is 6.10 Å². The minimum Gasteiger partial charge on any atom is -0.462 e. The summed E-state index contributed by atoms with van der Waals surface area (Å²) in [6, 6.07) is -1.67. The van der Waals surface area contributed by atoms with Crippen LogP contribution in [0.3, 0.4) is 0 Å². The Hall–Kier alpha value is -1.52. The average molecular weight is 736 g/mol. The molecular weight excluding hydrogens is 661 g/mol. The molecule has 0 aliphatic heterocycles. The zero-order valence-electron chi connectivity index (χ0n) is 31.7. The minimum atomic E-state index is -4.82. The molecule has 1 unspecified atom stereocenters. The molecule has 12 heteroatoms. The molecule has 0 heterocycles. The van der Waals surface area contributed by atoms with Gasteiger partial charge in [-0.15, -0.1) is 0 Å². The van der Waals surface area contributed by atoms with Crippen LogP contribution in [-0.4, -0.2) is 64.8 Å². The summed E-state index contributed by atoms with van der Waals surface area (Å²) in [6.07, 6.45) is 30.3. The highest BCUT2D eigenvalue weighted by atomic mass is 31.2. The molecule has 0 saturated heterocycles. The van der Waals surface area contributed by atoms with Crippen LogP contribution in [0.1, 0.15) is 194 Å². The Morgan fingerprint density at radius 2 is 0.880 bits per heavy atom. The number of aliphatic hydroxyl groups is 1. The van der Waals surface area contributed by atoms with Crippen molar-refractivity contribution in [2.45, 2.75) is 206 Å². The summed E-state index contributed by atoms with van der Waals surface area (Å²) in [4.78, 5) is 55.4. The average Bonchev–Trinajstić information content (AvgIpc) is 3.08. The Bertz CT molecular complexity index is 869. The quantitative estimate of drug-likeness (QED) is 0.0208. The van der Waals surface area contributed by atoms with E-state index in [4.69, 9.17) is 24.0 Å². The van der Waals surface area contributed by atoms with E-state index in [0.717, 1.165) is 38.5 Å². The van der Waals surface area contributed by atoms with Crippen LogP contribution >= 0.6 is 7.75 Å². The van der Waals surface area contributed by atoms with Crippen molar-refractivity contribution >= 4 is 25.7 Å². The van der Waals surface area contributed by atoms with Gasteiger partial charge in [0.1, 0.15) is 19.3 Å². The molecule has 4 N–H and O–H groups in total. The maximum atomic E-state index is 12.6. The van der Waals surface area contributed by atoms with Crippen LogP contribution in [0.4, 0.5) is 0 Å². The number of aliphatic hydroxyl groups excluding tert-OH is 1. The van der Waals surface area contributed by atoms with E-state index < -0.39 is 51.0 Å². The highest BCUT2D eigenvalue weighted by Gasteiger charge is 2.28. The summed E-state index contributed by atoms with van der Waals surface area (Å²) in [5, 5.41) is 11.0. The standard InChI is InChI=1S/C38H74NO10P/c1-3-5-7-9-11-13-15-17-19-21-23-25-27-29-36(41)47-32-34(33-48-38(43)35(31-40)39-50(44,45)46)49-37(42)30-28-26-24-22-20-18-16-14-12-10-8-6-4-2/h34-35,40H,3-33H2,1-2H3,(H3,39,44,45,46)/t34?,35-/m0/s1. The van der Waals surface area contributed by atoms with E-state index in [1.54, 1.807) is 5.09 Å². The number of unbranched alkanes of at least 4 members (excludes halogenated alkanes) is 24. The summed E-state index contributed by atoms with van der Waals surface area (Å²) in [6.45, 7) is 2.75. The number of carbonyl (C=O) groups excluding carboxylic acids is 3. The summed E-state index contributed by atoms with van der Waals surface area (Å²) >= 11 is 0. The van der Waals surface area contributed by atoms with Crippen molar-refractivity contribution in [2.24, 2.45) is 0 Å².